The van der Waals surface area contributed by atoms with E-state index in [0.717, 1.165) is 32.0 Å². The molecule has 1 atom stereocenters. The minimum atomic E-state index is 0. The third kappa shape index (κ3) is 5.00. The van der Waals surface area contributed by atoms with E-state index >= 15 is 0 Å². The van der Waals surface area contributed by atoms with Crippen molar-refractivity contribution in [2.24, 2.45) is 4.99 Å². The summed E-state index contributed by atoms with van der Waals surface area (Å²) in [7, 11) is 6.26. The Morgan fingerprint density at radius 3 is 2.77 bits per heavy atom. The van der Waals surface area contributed by atoms with Gasteiger partial charge in [0.2, 0.25) is 5.88 Å². The number of ether oxygens (including phenoxy) is 1. The normalized spacial score (nSPS) is 22.4. The lowest BCUT2D eigenvalue weighted by Gasteiger charge is -2.37. The Morgan fingerprint density at radius 2 is 2.15 bits per heavy atom. The topological polar surface area (TPSA) is 53.0 Å². The second kappa shape index (κ2) is 9.73. The quantitative estimate of drug-likeness (QED) is 0.405. The molecule has 1 saturated heterocycles. The van der Waals surface area contributed by atoms with E-state index in [1.165, 1.54) is 25.7 Å². The first-order valence-corrected chi connectivity index (χ1v) is 9.34. The number of rotatable bonds is 5. The summed E-state index contributed by atoms with van der Waals surface area (Å²) < 4.78 is 5.99. The van der Waals surface area contributed by atoms with Crippen molar-refractivity contribution in [3.05, 3.63) is 24.4 Å². The largest absolute Gasteiger partial charge is 0.472 e. The number of guanidine groups is 1. The van der Waals surface area contributed by atoms with Crippen molar-refractivity contribution in [1.29, 1.82) is 0 Å². The van der Waals surface area contributed by atoms with Gasteiger partial charge in [-0.05, 0) is 33.0 Å². The molecule has 2 aliphatic rings. The van der Waals surface area contributed by atoms with E-state index in [4.69, 9.17) is 4.74 Å². The average molecular weight is 473 g/mol. The van der Waals surface area contributed by atoms with Crippen LogP contribution in [0.1, 0.15) is 32.1 Å². The van der Waals surface area contributed by atoms with Gasteiger partial charge in [-0.1, -0.05) is 18.9 Å². The fourth-order valence-electron chi connectivity index (χ4n) is 4.00. The number of pyridine rings is 1. The molecule has 0 amide bonds. The van der Waals surface area contributed by atoms with E-state index in [-0.39, 0.29) is 35.6 Å². The molecule has 7 heteroatoms. The maximum Gasteiger partial charge on any atom is 0.213 e. The number of likely N-dealkylation sites (N-methyl/N-ethyl adjacent to an activating group) is 1. The summed E-state index contributed by atoms with van der Waals surface area (Å²) in [4.78, 5) is 13.4. The summed E-state index contributed by atoms with van der Waals surface area (Å²) in [6.45, 7) is 2.77. The van der Waals surface area contributed by atoms with E-state index in [1.54, 1.807) is 6.20 Å². The maximum atomic E-state index is 5.99. The third-order valence-electron chi connectivity index (χ3n) is 5.64. The maximum absolute atomic E-state index is 5.99. The van der Waals surface area contributed by atoms with Crippen LogP contribution < -0.4 is 10.1 Å². The van der Waals surface area contributed by atoms with Gasteiger partial charge in [0.1, 0.15) is 6.10 Å². The van der Waals surface area contributed by atoms with Gasteiger partial charge in [0.05, 0.1) is 6.54 Å². The van der Waals surface area contributed by atoms with Gasteiger partial charge in [0, 0.05) is 44.4 Å². The molecule has 1 N–H and O–H groups in total. The van der Waals surface area contributed by atoms with Gasteiger partial charge in [-0.15, -0.1) is 24.0 Å². The van der Waals surface area contributed by atoms with Gasteiger partial charge >= 0.3 is 0 Å². The molecule has 1 unspecified atom stereocenters. The summed E-state index contributed by atoms with van der Waals surface area (Å²) in [5.74, 6) is 1.69. The lowest BCUT2D eigenvalue weighted by atomic mass is 9.96. The minimum Gasteiger partial charge on any atom is -0.472 e. The first-order valence-electron chi connectivity index (χ1n) is 9.34. The highest BCUT2D eigenvalue weighted by Gasteiger charge is 2.36. The Bertz CT molecular complexity index is 575. The fraction of sp³-hybridized carbons (Fsp3) is 0.684. The van der Waals surface area contributed by atoms with Crippen molar-refractivity contribution >= 4 is 29.9 Å². The number of likely N-dealkylation sites (tertiary alicyclic amines) is 1. The van der Waals surface area contributed by atoms with E-state index in [2.05, 4.69) is 39.2 Å². The molecule has 2 heterocycles. The average Bonchev–Trinajstić information content (AvgIpc) is 3.27. The highest BCUT2D eigenvalue weighted by atomic mass is 127. The number of hydrogen-bond donors (Lipinski definition) is 1. The predicted octanol–water partition coefficient (Wildman–Crippen LogP) is 2.60. The zero-order valence-electron chi connectivity index (χ0n) is 16.1. The molecule has 0 spiro atoms. The number of hydrogen-bond acceptors (Lipinski definition) is 4. The smallest absolute Gasteiger partial charge is 0.213 e. The first kappa shape index (κ1) is 21.2. The van der Waals surface area contributed by atoms with Gasteiger partial charge in [-0.3, -0.25) is 4.99 Å². The first-order chi connectivity index (χ1) is 12.1. The molecule has 0 bridgehead atoms. The highest BCUT2D eigenvalue weighted by Crippen LogP contribution is 2.33. The third-order valence-corrected chi connectivity index (χ3v) is 5.64. The standard InChI is InChI=1S/C19H31N5O.HI/c1-20-18(22-15-19(23(2)3)10-5-6-11-19)24-13-9-16(14-24)25-17-8-4-7-12-21-17;/h4,7-8,12,16H,5-6,9-11,13-15H2,1-3H3,(H,20,22);1H. The molecular weight excluding hydrogens is 441 g/mol. The molecule has 146 valence electrons. The van der Waals surface area contributed by atoms with Crippen molar-refractivity contribution in [2.75, 3.05) is 40.8 Å². The molecule has 0 aromatic carbocycles. The van der Waals surface area contributed by atoms with Gasteiger partial charge < -0.3 is 19.9 Å². The highest BCUT2D eigenvalue weighted by molar-refractivity contribution is 14.0. The zero-order valence-corrected chi connectivity index (χ0v) is 18.5. The molecule has 1 aliphatic carbocycles. The van der Waals surface area contributed by atoms with Crippen LogP contribution in [0, 0.1) is 0 Å². The van der Waals surface area contributed by atoms with Crippen LogP contribution >= 0.6 is 24.0 Å². The van der Waals surface area contributed by atoms with Gasteiger partial charge in [0.25, 0.3) is 0 Å². The fourth-order valence-corrected chi connectivity index (χ4v) is 4.00. The van der Waals surface area contributed by atoms with Gasteiger partial charge in [0.15, 0.2) is 5.96 Å². The van der Waals surface area contributed by atoms with Crippen LogP contribution in [0.25, 0.3) is 0 Å². The molecular formula is C19H32IN5O. The van der Waals surface area contributed by atoms with E-state index < -0.39 is 0 Å². The van der Waals surface area contributed by atoms with E-state index in [1.807, 2.05) is 25.2 Å². The molecule has 1 aromatic heterocycles. The van der Waals surface area contributed by atoms with Crippen molar-refractivity contribution in [3.8, 4) is 5.88 Å². The summed E-state index contributed by atoms with van der Waals surface area (Å²) in [5.41, 5.74) is 0.263. The molecule has 0 radical (unpaired) electrons. The van der Waals surface area contributed by atoms with Crippen molar-refractivity contribution in [2.45, 2.75) is 43.7 Å². The van der Waals surface area contributed by atoms with Crippen LogP contribution in [-0.2, 0) is 0 Å². The van der Waals surface area contributed by atoms with E-state index in [9.17, 15) is 0 Å². The number of aliphatic imine (C=N–C) groups is 1. The summed E-state index contributed by atoms with van der Waals surface area (Å²) >= 11 is 0. The van der Waals surface area contributed by atoms with Gasteiger partial charge in [-0.2, -0.15) is 0 Å². The molecule has 1 saturated carbocycles. The van der Waals surface area contributed by atoms with Crippen LogP contribution in [0.2, 0.25) is 0 Å². The Hall–Kier alpha value is -1.09. The van der Waals surface area contributed by atoms with Crippen LogP contribution in [0.4, 0.5) is 0 Å². The molecule has 6 nitrogen and oxygen atoms in total. The number of nitrogens with one attached hydrogen (secondary N) is 1. The molecule has 1 aromatic rings. The minimum absolute atomic E-state index is 0. The monoisotopic (exact) mass is 473 g/mol. The summed E-state index contributed by atoms with van der Waals surface area (Å²) in [6.07, 6.45) is 8.10. The van der Waals surface area contributed by atoms with Crippen molar-refractivity contribution in [3.63, 3.8) is 0 Å². The summed E-state index contributed by atoms with van der Waals surface area (Å²) in [5, 5.41) is 3.62. The van der Waals surface area contributed by atoms with Crippen molar-refractivity contribution in [1.82, 2.24) is 20.1 Å². The zero-order chi connectivity index (χ0) is 17.7. The van der Waals surface area contributed by atoms with Crippen LogP contribution in [0.3, 0.4) is 0 Å². The van der Waals surface area contributed by atoms with Gasteiger partial charge in [-0.25, -0.2) is 4.98 Å². The Morgan fingerprint density at radius 1 is 1.38 bits per heavy atom. The second-order valence-electron chi connectivity index (χ2n) is 7.37. The molecule has 2 fully saturated rings. The lowest BCUT2D eigenvalue weighted by Crippen LogP contribution is -2.53. The second-order valence-corrected chi connectivity index (χ2v) is 7.37. The Labute approximate surface area is 174 Å². The predicted molar refractivity (Wildman–Crippen MR) is 117 cm³/mol. The van der Waals surface area contributed by atoms with Crippen LogP contribution in [-0.4, -0.2) is 73.2 Å². The summed E-state index contributed by atoms with van der Waals surface area (Å²) in [6, 6.07) is 5.78. The van der Waals surface area contributed by atoms with Crippen LogP contribution in [0.15, 0.2) is 29.4 Å². The molecule has 26 heavy (non-hydrogen) atoms. The Balaban J connectivity index is 0.00000243. The SMILES string of the molecule is CN=C(NCC1(N(C)C)CCCC1)N1CCC(Oc2ccccn2)C1.I. The van der Waals surface area contributed by atoms with Crippen LogP contribution in [0.5, 0.6) is 5.88 Å². The van der Waals surface area contributed by atoms with E-state index in [0.29, 0.717) is 5.88 Å². The lowest BCUT2D eigenvalue weighted by molar-refractivity contribution is 0.159. The number of nitrogens with zero attached hydrogens (tertiary/aromatic N) is 4. The van der Waals surface area contributed by atoms with Crippen molar-refractivity contribution < 1.29 is 4.74 Å². The number of halogens is 1. The Kier molecular flexibility index (Phi) is 7.94. The molecule has 3 rings (SSSR count). The number of aromatic nitrogens is 1. The molecule has 1 aliphatic heterocycles.